The van der Waals surface area contributed by atoms with E-state index in [2.05, 4.69) is 10.3 Å². The van der Waals surface area contributed by atoms with Crippen molar-refractivity contribution in [3.63, 3.8) is 0 Å². The molecule has 0 aromatic heterocycles. The molecule has 19 heavy (non-hydrogen) atoms. The summed E-state index contributed by atoms with van der Waals surface area (Å²) in [5.41, 5.74) is 0.519. The van der Waals surface area contributed by atoms with Crippen LogP contribution in [0.1, 0.15) is 16.8 Å². The second-order valence-corrected chi connectivity index (χ2v) is 5.15. The van der Waals surface area contributed by atoms with Crippen molar-refractivity contribution in [3.8, 4) is 0 Å². The zero-order valence-corrected chi connectivity index (χ0v) is 11.3. The minimum Gasteiger partial charge on any atom is -0.305 e. The van der Waals surface area contributed by atoms with Gasteiger partial charge in [0, 0.05) is 10.6 Å². The largest absolute Gasteiger partial charge is 0.305 e. The number of halogens is 1. The van der Waals surface area contributed by atoms with Crippen LogP contribution in [0.2, 0.25) is 5.02 Å². The third kappa shape index (κ3) is 3.90. The highest BCUT2D eigenvalue weighted by molar-refractivity contribution is 8.14. The Morgan fingerprint density at radius 3 is 2.63 bits per heavy atom. The second-order valence-electron chi connectivity index (χ2n) is 3.75. The highest BCUT2D eigenvalue weighted by atomic mass is 35.5. The zero-order chi connectivity index (χ0) is 13.8. The summed E-state index contributed by atoms with van der Waals surface area (Å²) in [5, 5.41) is 3.17. The number of benzene rings is 1. The molecule has 98 valence electrons. The Labute approximate surface area is 118 Å². The van der Waals surface area contributed by atoms with Gasteiger partial charge in [0.1, 0.15) is 6.42 Å². The number of Topliss-reactive ketones (excluding diaryl/α,β-unsaturated/α-hetero) is 1. The van der Waals surface area contributed by atoms with Crippen molar-refractivity contribution in [2.75, 3.05) is 5.75 Å². The van der Waals surface area contributed by atoms with E-state index in [1.54, 1.807) is 24.3 Å². The predicted octanol–water partition coefficient (Wildman–Crippen LogP) is 1.66. The van der Waals surface area contributed by atoms with E-state index in [1.807, 2.05) is 0 Å². The molecular formula is C12H9ClN2O3S. The third-order valence-electron chi connectivity index (χ3n) is 2.29. The van der Waals surface area contributed by atoms with E-state index in [0.717, 1.165) is 11.8 Å². The summed E-state index contributed by atoms with van der Waals surface area (Å²) in [5.74, 6) is -0.933. The number of ketones is 1. The van der Waals surface area contributed by atoms with Crippen LogP contribution in [-0.2, 0) is 9.59 Å². The first kappa shape index (κ1) is 13.8. The number of amidine groups is 1. The summed E-state index contributed by atoms with van der Waals surface area (Å²) in [7, 11) is 0. The van der Waals surface area contributed by atoms with Crippen molar-refractivity contribution in [1.29, 1.82) is 0 Å². The SMILES string of the molecule is O=C1CC(=O)NC(SCC(=O)c2ccc(Cl)cc2)=N1. The van der Waals surface area contributed by atoms with Gasteiger partial charge in [-0.1, -0.05) is 23.4 Å². The molecule has 1 aromatic rings. The Morgan fingerprint density at radius 2 is 2.00 bits per heavy atom. The molecule has 7 heteroatoms. The highest BCUT2D eigenvalue weighted by Gasteiger charge is 2.19. The first-order valence-corrected chi connectivity index (χ1v) is 6.74. The molecule has 0 saturated heterocycles. The quantitative estimate of drug-likeness (QED) is 0.680. The molecule has 2 rings (SSSR count). The first-order chi connectivity index (χ1) is 9.04. The van der Waals surface area contributed by atoms with Gasteiger partial charge >= 0.3 is 0 Å². The Kier molecular flexibility index (Phi) is 4.34. The van der Waals surface area contributed by atoms with Gasteiger partial charge in [-0.15, -0.1) is 0 Å². The summed E-state index contributed by atoms with van der Waals surface area (Å²) < 4.78 is 0. The van der Waals surface area contributed by atoms with Crippen molar-refractivity contribution in [1.82, 2.24) is 5.32 Å². The average Bonchev–Trinajstić information content (AvgIpc) is 2.36. The second kappa shape index (κ2) is 5.99. The lowest BCUT2D eigenvalue weighted by atomic mass is 10.1. The van der Waals surface area contributed by atoms with Gasteiger partial charge in [0.15, 0.2) is 11.0 Å². The summed E-state index contributed by atoms with van der Waals surface area (Å²) in [4.78, 5) is 37.7. The minimum atomic E-state index is -0.495. The number of nitrogens with zero attached hydrogens (tertiary/aromatic N) is 1. The lowest BCUT2D eigenvalue weighted by molar-refractivity contribution is -0.127. The highest BCUT2D eigenvalue weighted by Crippen LogP contribution is 2.13. The Hall–Kier alpha value is -1.66. The Bertz CT molecular complexity index is 569. The monoisotopic (exact) mass is 296 g/mol. The van der Waals surface area contributed by atoms with E-state index in [0.29, 0.717) is 10.6 Å². The van der Waals surface area contributed by atoms with Crippen LogP contribution in [0.15, 0.2) is 29.3 Å². The molecule has 0 aliphatic carbocycles. The lowest BCUT2D eigenvalue weighted by Crippen LogP contribution is -2.35. The molecule has 0 radical (unpaired) electrons. The van der Waals surface area contributed by atoms with Gasteiger partial charge in [-0.25, -0.2) is 0 Å². The average molecular weight is 297 g/mol. The number of rotatable bonds is 3. The first-order valence-electron chi connectivity index (χ1n) is 5.37. The number of carbonyl (C=O) groups excluding carboxylic acids is 3. The molecule has 0 unspecified atom stereocenters. The Morgan fingerprint density at radius 1 is 1.32 bits per heavy atom. The molecule has 1 aliphatic rings. The van der Waals surface area contributed by atoms with Gasteiger partial charge in [0.25, 0.3) is 5.91 Å². The molecule has 0 spiro atoms. The Balaban J connectivity index is 1.95. The van der Waals surface area contributed by atoms with Crippen molar-refractivity contribution >= 4 is 46.1 Å². The van der Waals surface area contributed by atoms with Gasteiger partial charge in [-0.2, -0.15) is 4.99 Å². The summed E-state index contributed by atoms with van der Waals surface area (Å²) >= 11 is 6.75. The molecule has 0 fully saturated rings. The number of hydrogen-bond acceptors (Lipinski definition) is 4. The van der Waals surface area contributed by atoms with Crippen LogP contribution in [0.3, 0.4) is 0 Å². The van der Waals surface area contributed by atoms with Gasteiger partial charge < -0.3 is 5.32 Å². The fourth-order valence-corrected chi connectivity index (χ4v) is 2.32. The van der Waals surface area contributed by atoms with Gasteiger partial charge in [-0.05, 0) is 24.3 Å². The maximum atomic E-state index is 11.8. The molecule has 0 saturated carbocycles. The number of amides is 2. The van der Waals surface area contributed by atoms with Crippen LogP contribution < -0.4 is 5.32 Å². The van der Waals surface area contributed by atoms with Crippen molar-refractivity contribution in [2.24, 2.45) is 4.99 Å². The van der Waals surface area contributed by atoms with Crippen LogP contribution in [0.4, 0.5) is 0 Å². The molecule has 1 aromatic carbocycles. The van der Waals surface area contributed by atoms with Crippen LogP contribution in [0.25, 0.3) is 0 Å². The number of nitrogens with one attached hydrogen (secondary N) is 1. The predicted molar refractivity (Wildman–Crippen MR) is 73.4 cm³/mol. The topological polar surface area (TPSA) is 75.6 Å². The minimum absolute atomic E-state index is 0.0913. The molecule has 0 bridgehead atoms. The van der Waals surface area contributed by atoms with Crippen molar-refractivity contribution < 1.29 is 14.4 Å². The number of carbonyl (C=O) groups is 3. The third-order valence-corrected chi connectivity index (χ3v) is 3.42. The van der Waals surface area contributed by atoms with E-state index >= 15 is 0 Å². The molecule has 1 aliphatic heterocycles. The summed E-state index contributed by atoms with van der Waals surface area (Å²) in [6.45, 7) is 0. The van der Waals surface area contributed by atoms with Gasteiger partial charge in [0.05, 0.1) is 5.75 Å². The summed E-state index contributed by atoms with van der Waals surface area (Å²) in [6.07, 6.45) is -0.241. The molecule has 0 atom stereocenters. The van der Waals surface area contributed by atoms with E-state index in [4.69, 9.17) is 11.6 Å². The number of thioether (sulfide) groups is 1. The molecular weight excluding hydrogens is 288 g/mol. The van der Waals surface area contributed by atoms with E-state index in [1.165, 1.54) is 0 Å². The van der Waals surface area contributed by atoms with Crippen LogP contribution in [0.5, 0.6) is 0 Å². The van der Waals surface area contributed by atoms with Gasteiger partial charge in [0.2, 0.25) is 5.91 Å². The number of aliphatic imine (C=N–C) groups is 1. The molecule has 1 heterocycles. The maximum Gasteiger partial charge on any atom is 0.257 e. The molecule has 2 amide bonds. The standard InChI is InChI=1S/C12H9ClN2O3S/c13-8-3-1-7(2-4-8)9(16)6-19-12-14-10(17)5-11(18)15-12/h1-4H,5-6H2,(H,14,15,17,18). The van der Waals surface area contributed by atoms with Crippen LogP contribution in [0, 0.1) is 0 Å². The normalized spacial score (nSPS) is 14.9. The van der Waals surface area contributed by atoms with E-state index < -0.39 is 11.8 Å². The van der Waals surface area contributed by atoms with Crippen molar-refractivity contribution in [3.05, 3.63) is 34.9 Å². The zero-order valence-electron chi connectivity index (χ0n) is 9.68. The van der Waals surface area contributed by atoms with Crippen LogP contribution in [-0.4, -0.2) is 28.5 Å². The lowest BCUT2D eigenvalue weighted by Gasteiger charge is -2.11. The van der Waals surface area contributed by atoms with E-state index in [9.17, 15) is 14.4 Å². The van der Waals surface area contributed by atoms with E-state index in [-0.39, 0.29) is 23.1 Å². The summed E-state index contributed by atoms with van der Waals surface area (Å²) in [6, 6.07) is 6.50. The number of hydrogen-bond donors (Lipinski definition) is 1. The molecule has 5 nitrogen and oxygen atoms in total. The van der Waals surface area contributed by atoms with Crippen molar-refractivity contribution in [2.45, 2.75) is 6.42 Å². The maximum absolute atomic E-state index is 11.8. The smallest absolute Gasteiger partial charge is 0.257 e. The van der Waals surface area contributed by atoms with Gasteiger partial charge in [-0.3, -0.25) is 14.4 Å². The fourth-order valence-electron chi connectivity index (χ4n) is 1.40. The van der Waals surface area contributed by atoms with Crippen LogP contribution >= 0.6 is 23.4 Å². The molecule has 1 N–H and O–H groups in total. The fraction of sp³-hybridized carbons (Fsp3) is 0.167.